The van der Waals surface area contributed by atoms with Gasteiger partial charge in [-0.05, 0) is 61.9 Å². The molecule has 0 aromatic heterocycles. The molecule has 0 spiro atoms. The van der Waals surface area contributed by atoms with Gasteiger partial charge in [0.25, 0.3) is 0 Å². The minimum absolute atomic E-state index is 0.0312. The highest BCUT2D eigenvalue weighted by Gasteiger charge is 2.08. The SMILES string of the molecule is CC(C)CCOc1c(Br)cc(CO)cc1Br. The Labute approximate surface area is 113 Å². The Morgan fingerprint density at radius 3 is 2.25 bits per heavy atom. The maximum Gasteiger partial charge on any atom is 0.147 e. The summed E-state index contributed by atoms with van der Waals surface area (Å²) in [6, 6.07) is 3.74. The van der Waals surface area contributed by atoms with Gasteiger partial charge in [0.05, 0.1) is 22.2 Å². The van der Waals surface area contributed by atoms with Crippen molar-refractivity contribution in [2.75, 3.05) is 6.61 Å². The summed E-state index contributed by atoms with van der Waals surface area (Å²) in [4.78, 5) is 0. The average molecular weight is 352 g/mol. The van der Waals surface area contributed by atoms with Crippen molar-refractivity contribution in [3.05, 3.63) is 26.6 Å². The van der Waals surface area contributed by atoms with Gasteiger partial charge in [-0.15, -0.1) is 0 Å². The van der Waals surface area contributed by atoms with Crippen molar-refractivity contribution in [2.45, 2.75) is 26.9 Å². The van der Waals surface area contributed by atoms with Gasteiger partial charge in [0.2, 0.25) is 0 Å². The molecule has 0 atom stereocenters. The fraction of sp³-hybridized carbons (Fsp3) is 0.500. The quantitative estimate of drug-likeness (QED) is 0.864. The van der Waals surface area contributed by atoms with Crippen LogP contribution in [-0.2, 0) is 6.61 Å². The summed E-state index contributed by atoms with van der Waals surface area (Å²) < 4.78 is 7.44. The molecule has 0 radical (unpaired) electrons. The summed E-state index contributed by atoms with van der Waals surface area (Å²) in [5, 5.41) is 9.04. The molecule has 1 rings (SSSR count). The highest BCUT2D eigenvalue weighted by atomic mass is 79.9. The number of hydrogen-bond donors (Lipinski definition) is 1. The Balaban J connectivity index is 2.72. The third-order valence-electron chi connectivity index (χ3n) is 2.18. The summed E-state index contributed by atoms with van der Waals surface area (Å²) in [5.74, 6) is 1.44. The smallest absolute Gasteiger partial charge is 0.147 e. The number of benzene rings is 1. The van der Waals surface area contributed by atoms with Gasteiger partial charge in [-0.1, -0.05) is 13.8 Å². The highest BCUT2D eigenvalue weighted by molar-refractivity contribution is 9.11. The van der Waals surface area contributed by atoms with Crippen LogP contribution in [0.1, 0.15) is 25.8 Å². The van der Waals surface area contributed by atoms with E-state index in [1.807, 2.05) is 12.1 Å². The molecule has 0 aliphatic rings. The number of aliphatic hydroxyl groups excluding tert-OH is 1. The summed E-state index contributed by atoms with van der Waals surface area (Å²) in [7, 11) is 0. The fourth-order valence-corrected chi connectivity index (χ4v) is 2.75. The van der Waals surface area contributed by atoms with Gasteiger partial charge < -0.3 is 9.84 Å². The number of halogens is 2. The number of aliphatic hydroxyl groups is 1. The van der Waals surface area contributed by atoms with Gasteiger partial charge >= 0.3 is 0 Å². The van der Waals surface area contributed by atoms with E-state index < -0.39 is 0 Å². The number of hydrogen-bond acceptors (Lipinski definition) is 2. The van der Waals surface area contributed by atoms with Crippen LogP contribution in [0.15, 0.2) is 21.1 Å². The second-order valence-corrected chi connectivity index (χ2v) is 5.79. The lowest BCUT2D eigenvalue weighted by Gasteiger charge is -2.12. The second kappa shape index (κ2) is 6.62. The average Bonchev–Trinajstić information content (AvgIpc) is 2.21. The van der Waals surface area contributed by atoms with Crippen molar-refractivity contribution in [1.29, 1.82) is 0 Å². The van der Waals surface area contributed by atoms with Crippen molar-refractivity contribution in [3.63, 3.8) is 0 Å². The van der Waals surface area contributed by atoms with Crippen LogP contribution < -0.4 is 4.74 Å². The van der Waals surface area contributed by atoms with E-state index in [-0.39, 0.29) is 6.61 Å². The van der Waals surface area contributed by atoms with E-state index in [9.17, 15) is 0 Å². The van der Waals surface area contributed by atoms with Crippen molar-refractivity contribution in [1.82, 2.24) is 0 Å². The van der Waals surface area contributed by atoms with Crippen molar-refractivity contribution in [2.24, 2.45) is 5.92 Å². The van der Waals surface area contributed by atoms with E-state index in [4.69, 9.17) is 9.84 Å². The molecule has 0 fully saturated rings. The molecule has 16 heavy (non-hydrogen) atoms. The summed E-state index contributed by atoms with van der Waals surface area (Å²) in [5.41, 5.74) is 0.856. The monoisotopic (exact) mass is 350 g/mol. The highest BCUT2D eigenvalue weighted by Crippen LogP contribution is 2.35. The topological polar surface area (TPSA) is 29.5 Å². The zero-order valence-electron chi connectivity index (χ0n) is 9.46. The van der Waals surface area contributed by atoms with E-state index >= 15 is 0 Å². The number of ether oxygens (including phenoxy) is 1. The van der Waals surface area contributed by atoms with Gasteiger partial charge in [0.15, 0.2) is 0 Å². The van der Waals surface area contributed by atoms with Crippen LogP contribution in [-0.4, -0.2) is 11.7 Å². The standard InChI is InChI=1S/C12H16Br2O2/c1-8(2)3-4-16-12-10(13)5-9(7-15)6-11(12)14/h5-6,8,15H,3-4,7H2,1-2H3. The molecule has 2 nitrogen and oxygen atoms in total. The molecule has 0 saturated heterocycles. The summed E-state index contributed by atoms with van der Waals surface area (Å²) in [6.07, 6.45) is 1.03. The van der Waals surface area contributed by atoms with Gasteiger partial charge in [-0.3, -0.25) is 0 Å². The molecular formula is C12H16Br2O2. The first-order valence-corrected chi connectivity index (χ1v) is 6.84. The van der Waals surface area contributed by atoms with E-state index in [2.05, 4.69) is 45.7 Å². The normalized spacial score (nSPS) is 10.9. The second-order valence-electron chi connectivity index (χ2n) is 4.08. The third-order valence-corrected chi connectivity index (χ3v) is 3.36. The predicted molar refractivity (Wildman–Crippen MR) is 72.7 cm³/mol. The van der Waals surface area contributed by atoms with Gasteiger partial charge in [-0.25, -0.2) is 0 Å². The lowest BCUT2D eigenvalue weighted by Crippen LogP contribution is -2.02. The first-order valence-electron chi connectivity index (χ1n) is 5.26. The Morgan fingerprint density at radius 1 is 1.25 bits per heavy atom. The van der Waals surface area contributed by atoms with Crippen LogP contribution in [0.2, 0.25) is 0 Å². The molecule has 0 bridgehead atoms. The van der Waals surface area contributed by atoms with Crippen molar-refractivity contribution in [3.8, 4) is 5.75 Å². The molecule has 0 unspecified atom stereocenters. The summed E-state index contributed by atoms with van der Waals surface area (Å²) >= 11 is 6.88. The van der Waals surface area contributed by atoms with Crippen molar-refractivity contribution >= 4 is 31.9 Å². The molecule has 0 saturated carbocycles. The molecule has 4 heteroatoms. The molecule has 90 valence electrons. The van der Waals surface area contributed by atoms with Crippen LogP contribution in [0.4, 0.5) is 0 Å². The molecule has 0 heterocycles. The maximum absolute atomic E-state index is 9.04. The van der Waals surface area contributed by atoms with Gasteiger partial charge in [-0.2, -0.15) is 0 Å². The fourth-order valence-electron chi connectivity index (χ4n) is 1.24. The van der Waals surface area contributed by atoms with Crippen LogP contribution in [0.25, 0.3) is 0 Å². The third kappa shape index (κ3) is 4.07. The molecule has 1 aromatic carbocycles. The first-order chi connectivity index (χ1) is 7.54. The van der Waals surface area contributed by atoms with E-state index in [0.717, 1.165) is 26.7 Å². The molecule has 0 amide bonds. The largest absolute Gasteiger partial charge is 0.491 e. The lowest BCUT2D eigenvalue weighted by molar-refractivity contribution is 0.278. The van der Waals surface area contributed by atoms with Crippen molar-refractivity contribution < 1.29 is 9.84 Å². The lowest BCUT2D eigenvalue weighted by atomic mass is 10.1. The minimum atomic E-state index is 0.0312. The zero-order chi connectivity index (χ0) is 12.1. The molecule has 1 N–H and O–H groups in total. The Bertz CT molecular complexity index is 328. The van der Waals surface area contributed by atoms with Gasteiger partial charge in [0.1, 0.15) is 5.75 Å². The van der Waals surface area contributed by atoms with Crippen LogP contribution in [0, 0.1) is 5.92 Å². The predicted octanol–water partition coefficient (Wildman–Crippen LogP) is 4.13. The van der Waals surface area contributed by atoms with Crippen LogP contribution >= 0.6 is 31.9 Å². The molecule has 1 aromatic rings. The number of rotatable bonds is 5. The van der Waals surface area contributed by atoms with E-state index in [1.165, 1.54) is 0 Å². The van der Waals surface area contributed by atoms with Gasteiger partial charge in [0, 0.05) is 0 Å². The van der Waals surface area contributed by atoms with E-state index in [0.29, 0.717) is 12.5 Å². The van der Waals surface area contributed by atoms with Crippen LogP contribution in [0.3, 0.4) is 0 Å². The maximum atomic E-state index is 9.04. The Morgan fingerprint density at radius 2 is 1.81 bits per heavy atom. The van der Waals surface area contributed by atoms with E-state index in [1.54, 1.807) is 0 Å². The Kier molecular flexibility index (Phi) is 5.79. The molecule has 0 aliphatic carbocycles. The molecular weight excluding hydrogens is 336 g/mol. The van der Waals surface area contributed by atoms with Crippen LogP contribution in [0.5, 0.6) is 5.75 Å². The molecule has 0 aliphatic heterocycles. The Hall–Kier alpha value is -0.0600. The first kappa shape index (κ1) is 14.0. The summed E-state index contributed by atoms with van der Waals surface area (Å²) in [6.45, 7) is 5.07. The minimum Gasteiger partial charge on any atom is -0.491 e. The zero-order valence-corrected chi connectivity index (χ0v) is 12.6.